The Morgan fingerprint density at radius 2 is 1.70 bits per heavy atom. The highest BCUT2D eigenvalue weighted by Gasteiger charge is 2.41. The lowest BCUT2D eigenvalue weighted by atomic mass is 9.84. The molecule has 0 aromatic rings. The minimum atomic E-state index is 0.208. The van der Waals surface area contributed by atoms with Gasteiger partial charge in [0, 0.05) is 31.7 Å². The van der Waals surface area contributed by atoms with Gasteiger partial charge in [-0.3, -0.25) is 4.90 Å². The molecular formula is C16H33N3O. The number of hydrogen-bond acceptors (Lipinski definition) is 4. The molecule has 2 atom stereocenters. The smallest absolute Gasteiger partial charge is 0.0678 e. The summed E-state index contributed by atoms with van der Waals surface area (Å²) in [5.41, 5.74) is 6.41. The first-order valence-corrected chi connectivity index (χ1v) is 8.28. The third-order valence-electron chi connectivity index (χ3n) is 4.88. The first-order chi connectivity index (χ1) is 9.45. The van der Waals surface area contributed by atoms with E-state index >= 15 is 0 Å². The van der Waals surface area contributed by atoms with Crippen LogP contribution in [0.3, 0.4) is 0 Å². The molecule has 2 aliphatic rings. The summed E-state index contributed by atoms with van der Waals surface area (Å²) in [6.45, 7) is 15.4. The predicted molar refractivity (Wildman–Crippen MR) is 83.9 cm³/mol. The molecular weight excluding hydrogens is 250 g/mol. The van der Waals surface area contributed by atoms with E-state index in [1.165, 1.54) is 32.5 Å². The summed E-state index contributed by atoms with van der Waals surface area (Å²) >= 11 is 0. The summed E-state index contributed by atoms with van der Waals surface area (Å²) in [6, 6.07) is 0. The van der Waals surface area contributed by atoms with E-state index < -0.39 is 0 Å². The van der Waals surface area contributed by atoms with Gasteiger partial charge in [-0.1, -0.05) is 13.8 Å². The van der Waals surface area contributed by atoms with Gasteiger partial charge < -0.3 is 15.4 Å². The quantitative estimate of drug-likeness (QED) is 0.850. The van der Waals surface area contributed by atoms with Crippen LogP contribution in [0.2, 0.25) is 0 Å². The largest absolute Gasteiger partial charge is 0.373 e. The Balaban J connectivity index is 1.97. The fourth-order valence-corrected chi connectivity index (χ4v) is 3.88. The highest BCUT2D eigenvalue weighted by molar-refractivity contribution is 4.98. The zero-order valence-corrected chi connectivity index (χ0v) is 13.8. The van der Waals surface area contributed by atoms with Crippen LogP contribution in [-0.4, -0.2) is 66.8 Å². The molecule has 2 heterocycles. The fraction of sp³-hybridized carbons (Fsp3) is 1.00. The van der Waals surface area contributed by atoms with Gasteiger partial charge in [0.1, 0.15) is 0 Å². The zero-order valence-electron chi connectivity index (χ0n) is 13.8. The van der Waals surface area contributed by atoms with E-state index in [-0.39, 0.29) is 5.54 Å². The molecule has 0 aromatic heterocycles. The van der Waals surface area contributed by atoms with Crippen molar-refractivity contribution in [3.8, 4) is 0 Å². The molecule has 0 saturated carbocycles. The van der Waals surface area contributed by atoms with Gasteiger partial charge in [-0.2, -0.15) is 0 Å². The Bertz CT molecular complexity index is 290. The van der Waals surface area contributed by atoms with Crippen LogP contribution in [0.4, 0.5) is 0 Å². The number of nitrogens with two attached hydrogens (primary N) is 1. The van der Waals surface area contributed by atoms with Crippen molar-refractivity contribution in [2.75, 3.05) is 39.3 Å². The van der Waals surface area contributed by atoms with Crippen molar-refractivity contribution < 1.29 is 4.74 Å². The molecule has 118 valence electrons. The minimum absolute atomic E-state index is 0.208. The summed E-state index contributed by atoms with van der Waals surface area (Å²) in [6.07, 6.45) is 3.07. The summed E-state index contributed by atoms with van der Waals surface area (Å²) in [5.74, 6) is 0.754. The molecule has 0 radical (unpaired) electrons. The highest BCUT2D eigenvalue weighted by Crippen LogP contribution is 2.31. The van der Waals surface area contributed by atoms with E-state index in [1.54, 1.807) is 0 Å². The van der Waals surface area contributed by atoms with Crippen LogP contribution in [0.5, 0.6) is 0 Å². The van der Waals surface area contributed by atoms with Gasteiger partial charge in [0.15, 0.2) is 0 Å². The Morgan fingerprint density at radius 3 is 2.15 bits per heavy atom. The maximum Gasteiger partial charge on any atom is 0.0678 e. The van der Waals surface area contributed by atoms with Crippen LogP contribution >= 0.6 is 0 Å². The molecule has 2 fully saturated rings. The molecule has 2 aliphatic heterocycles. The molecule has 2 rings (SSSR count). The Kier molecular flexibility index (Phi) is 5.46. The van der Waals surface area contributed by atoms with Crippen molar-refractivity contribution in [1.29, 1.82) is 0 Å². The van der Waals surface area contributed by atoms with E-state index in [2.05, 4.69) is 37.5 Å². The molecule has 0 aromatic carbocycles. The fourth-order valence-electron chi connectivity index (χ4n) is 3.88. The average molecular weight is 283 g/mol. The highest BCUT2D eigenvalue weighted by atomic mass is 16.5. The Hall–Kier alpha value is -0.160. The van der Waals surface area contributed by atoms with Gasteiger partial charge in [0.05, 0.1) is 12.2 Å². The molecule has 0 aliphatic carbocycles. The Labute approximate surface area is 124 Å². The lowest BCUT2D eigenvalue weighted by Gasteiger charge is -2.52. The number of nitrogens with zero attached hydrogens (tertiary/aromatic N) is 2. The maximum atomic E-state index is 6.21. The van der Waals surface area contributed by atoms with E-state index in [1.807, 2.05) is 0 Å². The van der Waals surface area contributed by atoms with Gasteiger partial charge in [0.2, 0.25) is 0 Å². The van der Waals surface area contributed by atoms with Gasteiger partial charge in [-0.25, -0.2) is 0 Å². The van der Waals surface area contributed by atoms with E-state index in [9.17, 15) is 0 Å². The topological polar surface area (TPSA) is 41.7 Å². The van der Waals surface area contributed by atoms with Gasteiger partial charge in [0.25, 0.3) is 0 Å². The number of ether oxygens (including phenoxy) is 1. The van der Waals surface area contributed by atoms with Gasteiger partial charge in [-0.05, 0) is 45.7 Å². The van der Waals surface area contributed by atoms with Crippen LogP contribution in [-0.2, 0) is 4.74 Å². The predicted octanol–water partition coefficient (Wildman–Crippen LogP) is 1.54. The standard InChI is InChI=1S/C16H33N3O/c1-13(2)9-18-7-5-16(12-17,6-8-18)19-10-14(3)20-15(4)11-19/h13-15H,5-12,17H2,1-4H3/t14-,15+. The molecule has 0 bridgehead atoms. The lowest BCUT2D eigenvalue weighted by molar-refractivity contribution is -0.112. The van der Waals surface area contributed by atoms with Crippen molar-refractivity contribution in [3.05, 3.63) is 0 Å². The molecule has 4 nitrogen and oxygen atoms in total. The van der Waals surface area contributed by atoms with Crippen molar-refractivity contribution in [2.45, 2.75) is 58.3 Å². The second-order valence-electron chi connectivity index (χ2n) is 7.29. The molecule has 20 heavy (non-hydrogen) atoms. The number of morpholine rings is 1. The summed E-state index contributed by atoms with van der Waals surface area (Å²) in [4.78, 5) is 5.23. The number of hydrogen-bond donors (Lipinski definition) is 1. The maximum absolute atomic E-state index is 6.21. The molecule has 2 saturated heterocycles. The molecule has 0 unspecified atom stereocenters. The van der Waals surface area contributed by atoms with Crippen LogP contribution in [0.15, 0.2) is 0 Å². The van der Waals surface area contributed by atoms with E-state index in [4.69, 9.17) is 10.5 Å². The average Bonchev–Trinajstić information content (AvgIpc) is 2.38. The van der Waals surface area contributed by atoms with Crippen molar-refractivity contribution in [1.82, 2.24) is 9.80 Å². The third-order valence-corrected chi connectivity index (χ3v) is 4.88. The zero-order chi connectivity index (χ0) is 14.8. The summed E-state index contributed by atoms with van der Waals surface area (Å²) in [5, 5.41) is 0. The van der Waals surface area contributed by atoms with E-state index in [0.29, 0.717) is 12.2 Å². The van der Waals surface area contributed by atoms with Crippen molar-refractivity contribution in [2.24, 2.45) is 11.7 Å². The van der Waals surface area contributed by atoms with E-state index in [0.717, 1.165) is 25.6 Å². The van der Waals surface area contributed by atoms with Crippen LogP contribution < -0.4 is 5.73 Å². The Morgan fingerprint density at radius 1 is 1.15 bits per heavy atom. The number of rotatable bonds is 4. The van der Waals surface area contributed by atoms with Crippen LogP contribution in [0, 0.1) is 5.92 Å². The molecule has 0 spiro atoms. The monoisotopic (exact) mass is 283 g/mol. The second-order valence-corrected chi connectivity index (χ2v) is 7.29. The molecule has 4 heteroatoms. The van der Waals surface area contributed by atoms with Crippen molar-refractivity contribution in [3.63, 3.8) is 0 Å². The second kappa shape index (κ2) is 6.73. The number of likely N-dealkylation sites (tertiary alicyclic amines) is 1. The van der Waals surface area contributed by atoms with Crippen LogP contribution in [0.1, 0.15) is 40.5 Å². The first kappa shape index (κ1) is 16.2. The van der Waals surface area contributed by atoms with Crippen LogP contribution in [0.25, 0.3) is 0 Å². The lowest BCUT2D eigenvalue weighted by Crippen LogP contribution is -2.64. The third kappa shape index (κ3) is 3.73. The molecule has 2 N–H and O–H groups in total. The summed E-state index contributed by atoms with van der Waals surface area (Å²) in [7, 11) is 0. The normalized spacial score (nSPS) is 32.7. The molecule has 0 amide bonds. The van der Waals surface area contributed by atoms with Gasteiger partial charge in [-0.15, -0.1) is 0 Å². The minimum Gasteiger partial charge on any atom is -0.373 e. The van der Waals surface area contributed by atoms with Crippen molar-refractivity contribution >= 4 is 0 Å². The number of piperidine rings is 1. The SMILES string of the molecule is CC(C)CN1CCC(CN)(N2C[C@@H](C)O[C@@H](C)C2)CC1. The first-order valence-electron chi connectivity index (χ1n) is 8.28. The van der Waals surface area contributed by atoms with Gasteiger partial charge >= 0.3 is 0 Å². The summed E-state index contributed by atoms with van der Waals surface area (Å²) < 4.78 is 5.88.